The first-order valence-corrected chi connectivity index (χ1v) is 7.83. The van der Waals surface area contributed by atoms with Crippen LogP contribution < -0.4 is 4.90 Å². The SMILES string of the molecule is CCc1nsc(N2CCCN(C(=O)C(C)Cl)CC2)n1. The second kappa shape index (κ2) is 6.52. The summed E-state index contributed by atoms with van der Waals surface area (Å²) in [4.78, 5) is 20.5. The lowest BCUT2D eigenvalue weighted by Gasteiger charge is -2.22. The van der Waals surface area contributed by atoms with Crippen LogP contribution in [0.1, 0.15) is 26.1 Å². The number of carbonyl (C=O) groups is 1. The molecule has 2 heterocycles. The molecule has 0 N–H and O–H groups in total. The van der Waals surface area contributed by atoms with Crippen molar-refractivity contribution in [3.8, 4) is 0 Å². The molecule has 0 saturated carbocycles. The maximum atomic E-state index is 11.9. The number of amides is 1. The Labute approximate surface area is 122 Å². The van der Waals surface area contributed by atoms with E-state index in [0.717, 1.165) is 43.4 Å². The third-order valence-electron chi connectivity index (χ3n) is 3.19. The number of alkyl halides is 1. The van der Waals surface area contributed by atoms with Crippen LogP contribution in [0.25, 0.3) is 0 Å². The first kappa shape index (κ1) is 14.5. The van der Waals surface area contributed by atoms with Crippen LogP contribution in [0.4, 0.5) is 5.13 Å². The summed E-state index contributed by atoms with van der Waals surface area (Å²) in [6.07, 6.45) is 1.80. The molecule has 1 fully saturated rings. The minimum Gasteiger partial charge on any atom is -0.345 e. The van der Waals surface area contributed by atoms with Crippen LogP contribution in [-0.2, 0) is 11.2 Å². The Kier molecular flexibility index (Phi) is 4.99. The fourth-order valence-electron chi connectivity index (χ4n) is 2.10. The van der Waals surface area contributed by atoms with Gasteiger partial charge in [-0.25, -0.2) is 4.98 Å². The minimum absolute atomic E-state index is 0.0232. The van der Waals surface area contributed by atoms with Crippen LogP contribution in [-0.4, -0.2) is 51.7 Å². The molecule has 19 heavy (non-hydrogen) atoms. The molecule has 2 rings (SSSR count). The molecule has 1 aromatic heterocycles. The molecule has 0 spiro atoms. The molecule has 0 radical (unpaired) electrons. The average Bonchev–Trinajstić information content (AvgIpc) is 2.75. The van der Waals surface area contributed by atoms with Crippen molar-refractivity contribution in [3.05, 3.63) is 5.82 Å². The number of aryl methyl sites for hydroxylation is 1. The predicted molar refractivity (Wildman–Crippen MR) is 78.0 cm³/mol. The number of rotatable bonds is 3. The molecule has 1 amide bonds. The van der Waals surface area contributed by atoms with E-state index < -0.39 is 5.38 Å². The third kappa shape index (κ3) is 3.57. The molecule has 1 aliphatic rings. The number of anilines is 1. The summed E-state index contributed by atoms with van der Waals surface area (Å²) < 4.78 is 4.31. The molecule has 106 valence electrons. The van der Waals surface area contributed by atoms with Gasteiger partial charge in [0.25, 0.3) is 0 Å². The van der Waals surface area contributed by atoms with Gasteiger partial charge >= 0.3 is 0 Å². The number of aromatic nitrogens is 2. The fourth-order valence-corrected chi connectivity index (χ4v) is 3.04. The van der Waals surface area contributed by atoms with E-state index in [1.807, 2.05) is 4.90 Å². The summed E-state index contributed by atoms with van der Waals surface area (Å²) in [6, 6.07) is 0. The lowest BCUT2D eigenvalue weighted by Crippen LogP contribution is -2.38. The molecule has 7 heteroatoms. The monoisotopic (exact) mass is 302 g/mol. The van der Waals surface area contributed by atoms with Gasteiger partial charge < -0.3 is 9.80 Å². The maximum absolute atomic E-state index is 11.9. The van der Waals surface area contributed by atoms with Gasteiger partial charge in [0.1, 0.15) is 11.2 Å². The lowest BCUT2D eigenvalue weighted by atomic mass is 10.3. The van der Waals surface area contributed by atoms with Gasteiger partial charge in [-0.2, -0.15) is 4.37 Å². The predicted octanol–water partition coefficient (Wildman–Crippen LogP) is 1.77. The van der Waals surface area contributed by atoms with E-state index in [1.165, 1.54) is 11.5 Å². The number of halogens is 1. The molecule has 0 aromatic carbocycles. The molecule has 1 saturated heterocycles. The maximum Gasteiger partial charge on any atom is 0.240 e. The van der Waals surface area contributed by atoms with Crippen molar-refractivity contribution < 1.29 is 4.79 Å². The Morgan fingerprint density at radius 3 is 2.84 bits per heavy atom. The van der Waals surface area contributed by atoms with Gasteiger partial charge in [0.2, 0.25) is 11.0 Å². The summed E-state index contributed by atoms with van der Waals surface area (Å²) in [5.74, 6) is 0.918. The molecular formula is C12H19ClN4OS. The number of carbonyl (C=O) groups excluding carboxylic acids is 1. The van der Waals surface area contributed by atoms with Crippen molar-refractivity contribution in [2.75, 3.05) is 31.1 Å². The van der Waals surface area contributed by atoms with E-state index in [1.54, 1.807) is 6.92 Å². The van der Waals surface area contributed by atoms with Gasteiger partial charge in [-0.05, 0) is 13.3 Å². The average molecular weight is 303 g/mol. The quantitative estimate of drug-likeness (QED) is 0.799. The van der Waals surface area contributed by atoms with Crippen molar-refractivity contribution in [1.82, 2.24) is 14.3 Å². The summed E-state index contributed by atoms with van der Waals surface area (Å²) in [7, 11) is 0. The van der Waals surface area contributed by atoms with Crippen molar-refractivity contribution in [2.45, 2.75) is 32.1 Å². The van der Waals surface area contributed by atoms with Gasteiger partial charge in [-0.15, -0.1) is 11.6 Å². The number of hydrogen-bond acceptors (Lipinski definition) is 5. The Hall–Kier alpha value is -0.880. The third-order valence-corrected chi connectivity index (χ3v) is 4.19. The highest BCUT2D eigenvalue weighted by atomic mass is 35.5. The standard InChI is InChI=1S/C12H19ClN4OS/c1-3-10-14-12(19-15-10)17-6-4-5-16(7-8-17)11(18)9(2)13/h9H,3-8H2,1-2H3. The van der Waals surface area contributed by atoms with Crippen LogP contribution in [0.5, 0.6) is 0 Å². The lowest BCUT2D eigenvalue weighted by molar-refractivity contribution is -0.130. The highest BCUT2D eigenvalue weighted by molar-refractivity contribution is 7.09. The van der Waals surface area contributed by atoms with Crippen molar-refractivity contribution in [2.24, 2.45) is 0 Å². The van der Waals surface area contributed by atoms with Crippen LogP contribution in [0.15, 0.2) is 0 Å². The Morgan fingerprint density at radius 1 is 1.42 bits per heavy atom. The van der Waals surface area contributed by atoms with E-state index in [-0.39, 0.29) is 5.91 Å². The second-order valence-corrected chi connectivity index (χ2v) is 6.01. The van der Waals surface area contributed by atoms with E-state index in [2.05, 4.69) is 21.2 Å². The number of nitrogens with zero attached hydrogens (tertiary/aromatic N) is 4. The van der Waals surface area contributed by atoms with Crippen LogP contribution >= 0.6 is 23.1 Å². The molecule has 1 aromatic rings. The summed E-state index contributed by atoms with van der Waals surface area (Å²) in [6.45, 7) is 6.97. The topological polar surface area (TPSA) is 49.3 Å². The molecule has 1 atom stereocenters. The highest BCUT2D eigenvalue weighted by Crippen LogP contribution is 2.19. The summed E-state index contributed by atoms with van der Waals surface area (Å²) >= 11 is 7.31. The first-order chi connectivity index (χ1) is 9.11. The van der Waals surface area contributed by atoms with Gasteiger partial charge in [-0.3, -0.25) is 4.79 Å². The Morgan fingerprint density at radius 2 is 2.21 bits per heavy atom. The zero-order valence-corrected chi connectivity index (χ0v) is 12.9. The normalized spacial score (nSPS) is 18.3. The van der Waals surface area contributed by atoms with E-state index in [0.29, 0.717) is 6.54 Å². The van der Waals surface area contributed by atoms with Gasteiger partial charge in [0.15, 0.2) is 0 Å². The molecule has 0 aliphatic carbocycles. The minimum atomic E-state index is -0.445. The van der Waals surface area contributed by atoms with Crippen LogP contribution in [0.3, 0.4) is 0 Å². The smallest absolute Gasteiger partial charge is 0.240 e. The molecule has 1 unspecified atom stereocenters. The van der Waals surface area contributed by atoms with Gasteiger partial charge in [-0.1, -0.05) is 6.92 Å². The van der Waals surface area contributed by atoms with E-state index in [9.17, 15) is 4.79 Å². The van der Waals surface area contributed by atoms with Crippen molar-refractivity contribution in [3.63, 3.8) is 0 Å². The van der Waals surface area contributed by atoms with Crippen molar-refractivity contribution in [1.29, 1.82) is 0 Å². The second-order valence-electron chi connectivity index (χ2n) is 4.63. The largest absolute Gasteiger partial charge is 0.345 e. The van der Waals surface area contributed by atoms with Gasteiger partial charge in [0, 0.05) is 44.1 Å². The van der Waals surface area contributed by atoms with Crippen LogP contribution in [0.2, 0.25) is 0 Å². The summed E-state index contributed by atoms with van der Waals surface area (Å²) in [5, 5.41) is 0.518. The molecule has 1 aliphatic heterocycles. The Bertz CT molecular complexity index is 437. The Balaban J connectivity index is 1.98. The zero-order chi connectivity index (χ0) is 13.8. The number of hydrogen-bond donors (Lipinski definition) is 0. The van der Waals surface area contributed by atoms with E-state index >= 15 is 0 Å². The highest BCUT2D eigenvalue weighted by Gasteiger charge is 2.23. The van der Waals surface area contributed by atoms with Gasteiger partial charge in [0.05, 0.1) is 0 Å². The molecule has 0 bridgehead atoms. The first-order valence-electron chi connectivity index (χ1n) is 6.62. The molecule has 5 nitrogen and oxygen atoms in total. The van der Waals surface area contributed by atoms with Crippen LogP contribution in [0, 0.1) is 0 Å². The summed E-state index contributed by atoms with van der Waals surface area (Å²) in [5.41, 5.74) is 0. The molecular weight excluding hydrogens is 284 g/mol. The zero-order valence-electron chi connectivity index (χ0n) is 11.3. The fraction of sp³-hybridized carbons (Fsp3) is 0.750. The van der Waals surface area contributed by atoms with Crippen molar-refractivity contribution >= 4 is 34.2 Å². The van der Waals surface area contributed by atoms with E-state index in [4.69, 9.17) is 11.6 Å².